The van der Waals surface area contributed by atoms with Crippen molar-refractivity contribution in [2.24, 2.45) is 0 Å². The van der Waals surface area contributed by atoms with Crippen LogP contribution in [0, 0.1) is 5.82 Å². The fourth-order valence-corrected chi connectivity index (χ4v) is 2.78. The van der Waals surface area contributed by atoms with E-state index in [0.29, 0.717) is 12.1 Å². The van der Waals surface area contributed by atoms with Crippen molar-refractivity contribution >= 4 is 11.3 Å². The van der Waals surface area contributed by atoms with Gasteiger partial charge in [-0.3, -0.25) is 0 Å². The molecule has 1 aromatic carbocycles. The molecule has 0 saturated heterocycles. The van der Waals surface area contributed by atoms with E-state index in [0.717, 1.165) is 12.0 Å². The second-order valence-electron chi connectivity index (χ2n) is 4.46. The Morgan fingerprint density at radius 1 is 1.32 bits per heavy atom. The van der Waals surface area contributed by atoms with E-state index in [2.05, 4.69) is 5.32 Å². The monoisotopic (exact) mass is 279 g/mol. The summed E-state index contributed by atoms with van der Waals surface area (Å²) in [6, 6.07) is 8.60. The van der Waals surface area contributed by atoms with Gasteiger partial charge in [0.1, 0.15) is 5.82 Å². The highest BCUT2D eigenvalue weighted by Gasteiger charge is 2.15. The zero-order chi connectivity index (χ0) is 13.7. The first-order valence-electron chi connectivity index (χ1n) is 6.40. The van der Waals surface area contributed by atoms with Crippen LogP contribution < -0.4 is 5.32 Å². The standard InChI is InChI=1S/C15H18FNOS/c1-2-14(12-5-3-4-6-13(12)16)17-9-15(18)11-7-8-19-10-11/h3-8,10,14-15,17-18H,2,9H2,1H3. The van der Waals surface area contributed by atoms with Crippen LogP contribution in [0.3, 0.4) is 0 Å². The molecule has 0 spiro atoms. The summed E-state index contributed by atoms with van der Waals surface area (Å²) in [6.45, 7) is 2.42. The zero-order valence-corrected chi connectivity index (χ0v) is 11.7. The number of halogens is 1. The van der Waals surface area contributed by atoms with Crippen LogP contribution in [0.5, 0.6) is 0 Å². The van der Waals surface area contributed by atoms with Crippen molar-refractivity contribution in [3.05, 3.63) is 58.0 Å². The molecule has 0 amide bonds. The number of thiophene rings is 1. The van der Waals surface area contributed by atoms with Crippen molar-refractivity contribution in [3.8, 4) is 0 Å². The predicted molar refractivity (Wildman–Crippen MR) is 76.7 cm³/mol. The van der Waals surface area contributed by atoms with Crippen LogP contribution in [-0.4, -0.2) is 11.7 Å². The van der Waals surface area contributed by atoms with Gasteiger partial charge < -0.3 is 10.4 Å². The van der Waals surface area contributed by atoms with Crippen LogP contribution >= 0.6 is 11.3 Å². The van der Waals surface area contributed by atoms with Crippen LogP contribution in [0.25, 0.3) is 0 Å². The van der Waals surface area contributed by atoms with Crippen molar-refractivity contribution in [2.75, 3.05) is 6.54 Å². The maximum absolute atomic E-state index is 13.7. The zero-order valence-electron chi connectivity index (χ0n) is 10.8. The number of hydrogen-bond donors (Lipinski definition) is 2. The Morgan fingerprint density at radius 3 is 2.74 bits per heavy atom. The minimum absolute atomic E-state index is 0.0746. The molecule has 2 aromatic rings. The molecular weight excluding hydrogens is 261 g/mol. The highest BCUT2D eigenvalue weighted by Crippen LogP contribution is 2.21. The van der Waals surface area contributed by atoms with E-state index in [1.54, 1.807) is 23.5 Å². The number of aliphatic hydroxyl groups is 1. The molecule has 102 valence electrons. The van der Waals surface area contributed by atoms with Crippen molar-refractivity contribution in [1.29, 1.82) is 0 Å². The fourth-order valence-electron chi connectivity index (χ4n) is 2.07. The summed E-state index contributed by atoms with van der Waals surface area (Å²) in [6.07, 6.45) is 0.226. The molecule has 0 aliphatic heterocycles. The smallest absolute Gasteiger partial charge is 0.127 e. The molecule has 1 heterocycles. The molecule has 19 heavy (non-hydrogen) atoms. The molecular formula is C15H18FNOS. The molecule has 2 N–H and O–H groups in total. The summed E-state index contributed by atoms with van der Waals surface area (Å²) in [5.74, 6) is -0.202. The Labute approximate surface area is 116 Å². The summed E-state index contributed by atoms with van der Waals surface area (Å²) in [5.41, 5.74) is 1.56. The van der Waals surface area contributed by atoms with Gasteiger partial charge in [0.2, 0.25) is 0 Å². The van der Waals surface area contributed by atoms with Gasteiger partial charge in [0.25, 0.3) is 0 Å². The van der Waals surface area contributed by atoms with Crippen LogP contribution in [-0.2, 0) is 0 Å². The Morgan fingerprint density at radius 2 is 2.11 bits per heavy atom. The minimum atomic E-state index is -0.549. The van der Waals surface area contributed by atoms with Gasteiger partial charge in [-0.05, 0) is 34.9 Å². The van der Waals surface area contributed by atoms with Crippen LogP contribution in [0.1, 0.15) is 36.6 Å². The lowest BCUT2D eigenvalue weighted by Crippen LogP contribution is -2.26. The topological polar surface area (TPSA) is 32.3 Å². The molecule has 4 heteroatoms. The number of benzene rings is 1. The quantitative estimate of drug-likeness (QED) is 0.845. The van der Waals surface area contributed by atoms with Crippen LogP contribution in [0.4, 0.5) is 4.39 Å². The minimum Gasteiger partial charge on any atom is -0.387 e. The third kappa shape index (κ3) is 3.62. The van der Waals surface area contributed by atoms with Crippen LogP contribution in [0.2, 0.25) is 0 Å². The van der Waals surface area contributed by atoms with Crippen molar-refractivity contribution in [1.82, 2.24) is 5.32 Å². The Hall–Kier alpha value is -1.23. The maximum atomic E-state index is 13.7. The van der Waals surface area contributed by atoms with E-state index >= 15 is 0 Å². The van der Waals surface area contributed by atoms with Crippen molar-refractivity contribution in [2.45, 2.75) is 25.5 Å². The SMILES string of the molecule is CCC(NCC(O)c1ccsc1)c1ccccc1F. The third-order valence-electron chi connectivity index (χ3n) is 3.17. The molecule has 0 saturated carbocycles. The molecule has 2 nitrogen and oxygen atoms in total. The van der Waals surface area contributed by atoms with Crippen LogP contribution in [0.15, 0.2) is 41.1 Å². The molecule has 0 bridgehead atoms. The summed E-state index contributed by atoms with van der Waals surface area (Å²) >= 11 is 1.56. The molecule has 2 atom stereocenters. The maximum Gasteiger partial charge on any atom is 0.127 e. The van der Waals surface area contributed by atoms with Gasteiger partial charge in [0.05, 0.1) is 6.10 Å². The average molecular weight is 279 g/mol. The van der Waals surface area contributed by atoms with Gasteiger partial charge in [-0.15, -0.1) is 0 Å². The lowest BCUT2D eigenvalue weighted by Gasteiger charge is -2.20. The highest BCUT2D eigenvalue weighted by atomic mass is 32.1. The number of rotatable bonds is 6. The normalized spacial score (nSPS) is 14.3. The molecule has 1 aromatic heterocycles. The van der Waals surface area contributed by atoms with Gasteiger partial charge in [-0.2, -0.15) is 11.3 Å². The first-order chi connectivity index (χ1) is 9.22. The van der Waals surface area contributed by atoms with Gasteiger partial charge >= 0.3 is 0 Å². The largest absolute Gasteiger partial charge is 0.387 e. The average Bonchev–Trinajstić information content (AvgIpc) is 2.95. The molecule has 0 fully saturated rings. The first kappa shape index (κ1) is 14.2. The fraction of sp³-hybridized carbons (Fsp3) is 0.333. The third-order valence-corrected chi connectivity index (χ3v) is 3.88. The van der Waals surface area contributed by atoms with E-state index in [1.165, 1.54) is 6.07 Å². The predicted octanol–water partition coefficient (Wildman–Crippen LogP) is 3.66. The molecule has 0 aliphatic rings. The van der Waals surface area contributed by atoms with E-state index in [1.807, 2.05) is 29.8 Å². The lowest BCUT2D eigenvalue weighted by atomic mass is 10.0. The van der Waals surface area contributed by atoms with Gasteiger partial charge in [0, 0.05) is 18.2 Å². The molecule has 2 rings (SSSR count). The summed E-state index contributed by atoms with van der Waals surface area (Å²) in [4.78, 5) is 0. The van der Waals surface area contributed by atoms with E-state index in [4.69, 9.17) is 0 Å². The summed E-state index contributed by atoms with van der Waals surface area (Å²) < 4.78 is 13.7. The van der Waals surface area contributed by atoms with Gasteiger partial charge in [-0.1, -0.05) is 25.1 Å². The van der Waals surface area contributed by atoms with Gasteiger partial charge in [-0.25, -0.2) is 4.39 Å². The second kappa shape index (κ2) is 6.80. The Bertz CT molecular complexity index is 501. The Balaban J connectivity index is 1.99. The number of aliphatic hydroxyl groups excluding tert-OH is 1. The lowest BCUT2D eigenvalue weighted by molar-refractivity contribution is 0.169. The van der Waals surface area contributed by atoms with E-state index in [9.17, 15) is 9.50 Å². The summed E-state index contributed by atoms with van der Waals surface area (Å²) in [7, 11) is 0. The first-order valence-corrected chi connectivity index (χ1v) is 7.34. The molecule has 0 radical (unpaired) electrons. The number of hydrogen-bond acceptors (Lipinski definition) is 3. The summed E-state index contributed by atoms with van der Waals surface area (Å²) in [5, 5.41) is 17.1. The highest BCUT2D eigenvalue weighted by molar-refractivity contribution is 7.07. The number of nitrogens with one attached hydrogen (secondary N) is 1. The molecule has 0 aliphatic carbocycles. The molecule has 2 unspecified atom stereocenters. The van der Waals surface area contributed by atoms with E-state index in [-0.39, 0.29) is 11.9 Å². The van der Waals surface area contributed by atoms with Crippen molar-refractivity contribution < 1.29 is 9.50 Å². The van der Waals surface area contributed by atoms with Crippen molar-refractivity contribution in [3.63, 3.8) is 0 Å². The van der Waals surface area contributed by atoms with Gasteiger partial charge in [0.15, 0.2) is 0 Å². The second-order valence-corrected chi connectivity index (χ2v) is 5.24. The van der Waals surface area contributed by atoms with E-state index < -0.39 is 6.10 Å². The Kier molecular flexibility index (Phi) is 5.07.